The van der Waals surface area contributed by atoms with Gasteiger partial charge in [-0.3, -0.25) is 9.59 Å². The summed E-state index contributed by atoms with van der Waals surface area (Å²) in [6.45, 7) is 6.02. The number of benzene rings is 2. The first kappa shape index (κ1) is 24.2. The molecule has 0 aromatic heterocycles. The Morgan fingerprint density at radius 2 is 1.83 bits per heavy atom. The van der Waals surface area contributed by atoms with Gasteiger partial charge in [0.1, 0.15) is 11.8 Å². The molecule has 0 unspecified atom stereocenters. The minimum Gasteiger partial charge on any atom is -0.483 e. The largest absolute Gasteiger partial charge is 0.483 e. The zero-order valence-electron chi connectivity index (χ0n) is 17.5. The number of carbonyl (C=O) groups is 2. The first-order chi connectivity index (χ1) is 14.3. The summed E-state index contributed by atoms with van der Waals surface area (Å²) < 4.78 is 6.39. The summed E-state index contributed by atoms with van der Waals surface area (Å²) in [6.07, 6.45) is 1.33. The molecule has 2 atom stereocenters. The molecule has 0 aliphatic rings. The fraction of sp³-hybridized carbons (Fsp3) is 0.391. The molecule has 0 saturated heterocycles. The van der Waals surface area contributed by atoms with E-state index in [9.17, 15) is 9.59 Å². The lowest BCUT2D eigenvalue weighted by Crippen LogP contribution is -2.51. The third-order valence-corrected chi connectivity index (χ3v) is 5.68. The number of amides is 2. The minimum atomic E-state index is -0.580. The third kappa shape index (κ3) is 7.03. The van der Waals surface area contributed by atoms with Gasteiger partial charge in [0.25, 0.3) is 5.91 Å². The maximum atomic E-state index is 13.1. The van der Waals surface area contributed by atoms with Crippen LogP contribution in [0, 0.1) is 0 Å². The summed E-state index contributed by atoms with van der Waals surface area (Å²) in [5, 5.41) is 3.56. The van der Waals surface area contributed by atoms with Gasteiger partial charge < -0.3 is 15.0 Å². The average Bonchev–Trinajstić information content (AvgIpc) is 2.73. The molecule has 30 heavy (non-hydrogen) atoms. The van der Waals surface area contributed by atoms with Crippen LogP contribution in [-0.4, -0.2) is 35.4 Å². The highest BCUT2D eigenvalue weighted by molar-refractivity contribution is 9.10. The lowest BCUT2D eigenvalue weighted by Gasteiger charge is -2.31. The van der Waals surface area contributed by atoms with Crippen molar-refractivity contribution in [2.45, 2.75) is 52.2 Å². The summed E-state index contributed by atoms with van der Waals surface area (Å²) in [6, 6.07) is 14.2. The standard InChI is InChI=1S/C23H28BrClN2O3/c1-4-16(3)26-23(29)20(5-2)27(14-17-9-7-6-8-10-17)22(28)15-30-21-12-11-18(25)13-19(21)24/h6-13,16,20H,4-5,14-15H2,1-3H3,(H,26,29)/t16-,20-/m0/s1. The van der Waals surface area contributed by atoms with Crippen LogP contribution in [0.4, 0.5) is 0 Å². The van der Waals surface area contributed by atoms with Crippen molar-refractivity contribution in [3.63, 3.8) is 0 Å². The van der Waals surface area contributed by atoms with Crippen molar-refractivity contribution in [2.24, 2.45) is 0 Å². The highest BCUT2D eigenvalue weighted by Gasteiger charge is 2.29. The van der Waals surface area contributed by atoms with E-state index in [0.717, 1.165) is 12.0 Å². The van der Waals surface area contributed by atoms with Gasteiger partial charge in [0, 0.05) is 17.6 Å². The maximum Gasteiger partial charge on any atom is 0.261 e. The molecule has 0 fully saturated rings. The van der Waals surface area contributed by atoms with Crippen molar-refractivity contribution < 1.29 is 14.3 Å². The zero-order chi connectivity index (χ0) is 22.1. The molecule has 5 nitrogen and oxygen atoms in total. The van der Waals surface area contributed by atoms with Crippen molar-refractivity contribution in [3.8, 4) is 5.75 Å². The molecule has 7 heteroatoms. The van der Waals surface area contributed by atoms with E-state index < -0.39 is 6.04 Å². The maximum absolute atomic E-state index is 13.1. The highest BCUT2D eigenvalue weighted by atomic mass is 79.9. The van der Waals surface area contributed by atoms with Crippen LogP contribution in [-0.2, 0) is 16.1 Å². The molecule has 0 radical (unpaired) electrons. The number of hydrogen-bond donors (Lipinski definition) is 1. The average molecular weight is 496 g/mol. The van der Waals surface area contributed by atoms with Gasteiger partial charge in [0.05, 0.1) is 4.47 Å². The number of halogens is 2. The van der Waals surface area contributed by atoms with Gasteiger partial charge in [-0.15, -0.1) is 0 Å². The lowest BCUT2D eigenvalue weighted by molar-refractivity contribution is -0.143. The van der Waals surface area contributed by atoms with Crippen LogP contribution >= 0.6 is 27.5 Å². The number of rotatable bonds is 10. The quantitative estimate of drug-likeness (QED) is 0.493. The highest BCUT2D eigenvalue weighted by Crippen LogP contribution is 2.28. The van der Waals surface area contributed by atoms with Crippen LogP contribution < -0.4 is 10.1 Å². The van der Waals surface area contributed by atoms with Crippen LogP contribution in [0.15, 0.2) is 53.0 Å². The van der Waals surface area contributed by atoms with Crippen molar-refractivity contribution >= 4 is 39.3 Å². The van der Waals surface area contributed by atoms with E-state index >= 15 is 0 Å². The van der Waals surface area contributed by atoms with Gasteiger partial charge >= 0.3 is 0 Å². The SMILES string of the molecule is CC[C@H](C)NC(=O)[C@H](CC)N(Cc1ccccc1)C(=O)COc1ccc(Cl)cc1Br. The van der Waals surface area contributed by atoms with E-state index in [1.807, 2.05) is 51.1 Å². The van der Waals surface area contributed by atoms with Crippen molar-refractivity contribution in [1.82, 2.24) is 10.2 Å². The van der Waals surface area contributed by atoms with Crippen LogP contribution in [0.1, 0.15) is 39.2 Å². The topological polar surface area (TPSA) is 58.6 Å². The third-order valence-electron chi connectivity index (χ3n) is 4.83. The van der Waals surface area contributed by atoms with E-state index in [1.165, 1.54) is 0 Å². The summed E-state index contributed by atoms with van der Waals surface area (Å²) in [7, 11) is 0. The van der Waals surface area contributed by atoms with Gasteiger partial charge in [-0.1, -0.05) is 55.8 Å². The fourth-order valence-electron chi connectivity index (χ4n) is 2.96. The Balaban J connectivity index is 2.20. The van der Waals surface area contributed by atoms with Crippen LogP contribution in [0.5, 0.6) is 5.75 Å². The second kappa shape index (κ2) is 12.0. The molecule has 0 aliphatic heterocycles. The Morgan fingerprint density at radius 1 is 1.13 bits per heavy atom. The van der Waals surface area contributed by atoms with E-state index in [4.69, 9.17) is 16.3 Å². The second-order valence-electron chi connectivity index (χ2n) is 7.11. The molecule has 2 aromatic carbocycles. The number of nitrogens with zero attached hydrogens (tertiary/aromatic N) is 1. The molecule has 2 rings (SSSR count). The minimum absolute atomic E-state index is 0.0431. The van der Waals surface area contributed by atoms with E-state index in [0.29, 0.717) is 28.2 Å². The Hall–Kier alpha value is -2.05. The number of hydrogen-bond acceptors (Lipinski definition) is 3. The van der Waals surface area contributed by atoms with E-state index in [2.05, 4.69) is 21.2 Å². The number of carbonyl (C=O) groups excluding carboxylic acids is 2. The van der Waals surface area contributed by atoms with Crippen LogP contribution in [0.3, 0.4) is 0 Å². The van der Waals surface area contributed by atoms with E-state index in [1.54, 1.807) is 23.1 Å². The molecular formula is C23H28BrClN2O3. The first-order valence-corrected chi connectivity index (χ1v) is 11.2. The molecule has 0 spiro atoms. The zero-order valence-corrected chi connectivity index (χ0v) is 19.9. The Labute approximate surface area is 191 Å². The summed E-state index contributed by atoms with van der Waals surface area (Å²) in [4.78, 5) is 27.6. The summed E-state index contributed by atoms with van der Waals surface area (Å²) in [5.41, 5.74) is 0.952. The fourth-order valence-corrected chi connectivity index (χ4v) is 3.75. The van der Waals surface area contributed by atoms with Crippen LogP contribution in [0.25, 0.3) is 0 Å². The van der Waals surface area contributed by atoms with E-state index in [-0.39, 0.29) is 24.5 Å². The Bertz CT molecular complexity index is 848. The van der Waals surface area contributed by atoms with Gasteiger partial charge in [0.15, 0.2) is 6.61 Å². The molecule has 162 valence electrons. The van der Waals surface area contributed by atoms with Gasteiger partial charge in [-0.2, -0.15) is 0 Å². The molecule has 0 saturated carbocycles. The molecule has 1 N–H and O–H groups in total. The van der Waals surface area contributed by atoms with Gasteiger partial charge in [-0.05, 0) is 59.5 Å². The van der Waals surface area contributed by atoms with Crippen molar-refractivity contribution in [3.05, 3.63) is 63.6 Å². The molecule has 0 heterocycles. The Morgan fingerprint density at radius 3 is 2.43 bits per heavy atom. The summed E-state index contributed by atoms with van der Waals surface area (Å²) in [5.74, 6) is 0.111. The molecule has 2 aromatic rings. The first-order valence-electron chi connectivity index (χ1n) is 10.1. The lowest BCUT2D eigenvalue weighted by atomic mass is 10.1. The van der Waals surface area contributed by atoms with Crippen LogP contribution in [0.2, 0.25) is 5.02 Å². The molecule has 0 bridgehead atoms. The Kier molecular flexibility index (Phi) is 9.66. The predicted molar refractivity (Wildman–Crippen MR) is 124 cm³/mol. The normalized spacial score (nSPS) is 12.7. The molecular weight excluding hydrogens is 468 g/mol. The van der Waals surface area contributed by atoms with Gasteiger partial charge in [0.2, 0.25) is 5.91 Å². The van der Waals surface area contributed by atoms with Gasteiger partial charge in [-0.25, -0.2) is 0 Å². The molecule has 2 amide bonds. The smallest absolute Gasteiger partial charge is 0.261 e. The number of ether oxygens (including phenoxy) is 1. The predicted octanol–water partition coefficient (Wildman–Crippen LogP) is 5.20. The number of nitrogens with one attached hydrogen (secondary N) is 1. The second-order valence-corrected chi connectivity index (χ2v) is 8.40. The summed E-state index contributed by atoms with van der Waals surface area (Å²) >= 11 is 9.35. The molecule has 0 aliphatic carbocycles. The van der Waals surface area contributed by atoms with Crippen molar-refractivity contribution in [2.75, 3.05) is 6.61 Å². The van der Waals surface area contributed by atoms with Crippen molar-refractivity contribution in [1.29, 1.82) is 0 Å². The monoisotopic (exact) mass is 494 g/mol.